The summed E-state index contributed by atoms with van der Waals surface area (Å²) in [6, 6.07) is 6.78. The summed E-state index contributed by atoms with van der Waals surface area (Å²) in [6.07, 6.45) is 3.32. The van der Waals surface area contributed by atoms with Crippen LogP contribution in [0.5, 0.6) is 0 Å². The van der Waals surface area contributed by atoms with Gasteiger partial charge in [-0.1, -0.05) is 24.3 Å². The van der Waals surface area contributed by atoms with E-state index in [1.807, 2.05) is 24.3 Å². The third kappa shape index (κ3) is 2.29. The first kappa shape index (κ1) is 13.4. The molecule has 0 saturated heterocycles. The first-order valence-electron chi connectivity index (χ1n) is 6.65. The smallest absolute Gasteiger partial charge is 0.326 e. The summed E-state index contributed by atoms with van der Waals surface area (Å²) in [6.45, 7) is 0.303. The predicted octanol–water partition coefficient (Wildman–Crippen LogP) is 1.07. The van der Waals surface area contributed by atoms with Crippen LogP contribution in [0.25, 0.3) is 0 Å². The van der Waals surface area contributed by atoms with Crippen LogP contribution in [-0.2, 0) is 24.8 Å². The minimum absolute atomic E-state index is 0.303. The number of benzene rings is 1. The lowest BCUT2D eigenvalue weighted by atomic mass is 9.93. The molecule has 108 valence electrons. The Morgan fingerprint density at radius 3 is 2.62 bits per heavy atom. The average Bonchev–Trinajstić information content (AvgIpc) is 2.91. The van der Waals surface area contributed by atoms with Crippen molar-refractivity contribution < 1.29 is 14.7 Å². The van der Waals surface area contributed by atoms with Crippen LogP contribution < -0.4 is 0 Å². The zero-order valence-corrected chi connectivity index (χ0v) is 11.6. The Balaban J connectivity index is 1.98. The number of aliphatic carboxylic acids is 1. The van der Waals surface area contributed by atoms with Crippen molar-refractivity contribution in [2.24, 2.45) is 7.05 Å². The standard InChI is InChI=1S/C15H15N3O3/c1-17-9-16-7-13(17)14(19)18-8-11-5-3-2-4-10(11)6-12(18)15(20)21/h2-5,7,9,12H,6,8H2,1H3,(H,20,21). The van der Waals surface area contributed by atoms with Crippen LogP contribution in [0.4, 0.5) is 0 Å². The summed E-state index contributed by atoms with van der Waals surface area (Å²) >= 11 is 0. The van der Waals surface area contributed by atoms with Crippen LogP contribution in [0, 0.1) is 0 Å². The summed E-state index contributed by atoms with van der Waals surface area (Å²) < 4.78 is 1.60. The first-order chi connectivity index (χ1) is 10.1. The second-order valence-corrected chi connectivity index (χ2v) is 5.15. The molecule has 0 radical (unpaired) electrons. The number of hydrogen-bond donors (Lipinski definition) is 1. The Bertz CT molecular complexity index is 708. The minimum atomic E-state index is -0.986. The number of nitrogens with zero attached hydrogens (tertiary/aromatic N) is 3. The van der Waals surface area contributed by atoms with Crippen LogP contribution in [-0.4, -0.2) is 37.5 Å². The fourth-order valence-electron chi connectivity index (χ4n) is 2.67. The van der Waals surface area contributed by atoms with Crippen molar-refractivity contribution in [2.75, 3.05) is 0 Å². The lowest BCUT2D eigenvalue weighted by Gasteiger charge is -2.34. The molecule has 1 aliphatic heterocycles. The van der Waals surface area contributed by atoms with Crippen molar-refractivity contribution in [3.05, 3.63) is 53.6 Å². The van der Waals surface area contributed by atoms with E-state index in [1.54, 1.807) is 11.6 Å². The van der Waals surface area contributed by atoms with Crippen LogP contribution in [0.1, 0.15) is 21.6 Å². The Morgan fingerprint density at radius 1 is 1.29 bits per heavy atom. The van der Waals surface area contributed by atoms with Gasteiger partial charge in [0.1, 0.15) is 11.7 Å². The Morgan fingerprint density at radius 2 is 2.00 bits per heavy atom. The fraction of sp³-hybridized carbons (Fsp3) is 0.267. The third-order valence-corrected chi connectivity index (χ3v) is 3.83. The van der Waals surface area contributed by atoms with Crippen molar-refractivity contribution in [1.82, 2.24) is 14.5 Å². The highest BCUT2D eigenvalue weighted by Crippen LogP contribution is 2.25. The van der Waals surface area contributed by atoms with Gasteiger partial charge in [-0.05, 0) is 11.1 Å². The number of carbonyl (C=O) groups is 2. The molecule has 1 aromatic heterocycles. The number of hydrogen-bond acceptors (Lipinski definition) is 3. The molecule has 2 aromatic rings. The van der Waals surface area contributed by atoms with Gasteiger partial charge < -0.3 is 14.6 Å². The van der Waals surface area contributed by atoms with E-state index in [9.17, 15) is 14.7 Å². The Labute approximate surface area is 121 Å². The van der Waals surface area contributed by atoms with Crippen molar-refractivity contribution in [2.45, 2.75) is 19.0 Å². The van der Waals surface area contributed by atoms with Gasteiger partial charge in [-0.15, -0.1) is 0 Å². The molecule has 0 spiro atoms. The molecule has 1 amide bonds. The molecule has 2 heterocycles. The van der Waals surface area contributed by atoms with E-state index < -0.39 is 12.0 Å². The van der Waals surface area contributed by atoms with E-state index in [4.69, 9.17) is 0 Å². The molecule has 21 heavy (non-hydrogen) atoms. The molecular formula is C15H15N3O3. The van der Waals surface area contributed by atoms with E-state index in [0.717, 1.165) is 11.1 Å². The summed E-state index contributed by atoms with van der Waals surface area (Å²) in [5.41, 5.74) is 2.37. The SMILES string of the molecule is Cn1cncc1C(=O)N1Cc2ccccc2CC1C(=O)O. The van der Waals surface area contributed by atoms with Crippen molar-refractivity contribution >= 4 is 11.9 Å². The van der Waals surface area contributed by atoms with Gasteiger partial charge in [-0.2, -0.15) is 0 Å². The number of rotatable bonds is 2. The Kier molecular flexibility index (Phi) is 3.21. The quantitative estimate of drug-likeness (QED) is 0.895. The number of carboxylic acids is 1. The number of aryl methyl sites for hydroxylation is 1. The maximum absolute atomic E-state index is 12.6. The molecule has 1 aromatic carbocycles. The Hall–Kier alpha value is -2.63. The second-order valence-electron chi connectivity index (χ2n) is 5.15. The minimum Gasteiger partial charge on any atom is -0.480 e. The summed E-state index contributed by atoms with van der Waals surface area (Å²) in [5.74, 6) is -1.29. The number of aromatic nitrogens is 2. The second kappa shape index (κ2) is 5.05. The van der Waals surface area contributed by atoms with Crippen molar-refractivity contribution in [3.8, 4) is 0 Å². The van der Waals surface area contributed by atoms with Crippen molar-refractivity contribution in [1.29, 1.82) is 0 Å². The molecule has 6 nitrogen and oxygen atoms in total. The fourth-order valence-corrected chi connectivity index (χ4v) is 2.67. The van der Waals surface area contributed by atoms with Gasteiger partial charge in [0.15, 0.2) is 0 Å². The van der Waals surface area contributed by atoms with Gasteiger partial charge in [0.2, 0.25) is 0 Å². The highest BCUT2D eigenvalue weighted by Gasteiger charge is 2.35. The zero-order valence-electron chi connectivity index (χ0n) is 11.6. The maximum atomic E-state index is 12.6. The topological polar surface area (TPSA) is 75.4 Å². The van der Waals surface area contributed by atoms with Gasteiger partial charge in [-0.3, -0.25) is 4.79 Å². The predicted molar refractivity (Wildman–Crippen MR) is 74.7 cm³/mol. The molecule has 0 fully saturated rings. The summed E-state index contributed by atoms with van der Waals surface area (Å²) in [4.78, 5) is 29.4. The van der Waals surface area contributed by atoms with Crippen molar-refractivity contribution in [3.63, 3.8) is 0 Å². The zero-order chi connectivity index (χ0) is 15.0. The molecule has 1 aliphatic rings. The molecule has 1 atom stereocenters. The lowest BCUT2D eigenvalue weighted by Crippen LogP contribution is -2.49. The van der Waals surface area contributed by atoms with Gasteiger partial charge in [0, 0.05) is 20.0 Å². The molecule has 0 saturated carbocycles. The number of carbonyl (C=O) groups excluding carboxylic acids is 1. The molecule has 1 N–H and O–H groups in total. The largest absolute Gasteiger partial charge is 0.480 e. The number of fused-ring (bicyclic) bond motifs is 1. The lowest BCUT2D eigenvalue weighted by molar-refractivity contribution is -0.142. The molecule has 1 unspecified atom stereocenters. The van der Waals surface area contributed by atoms with E-state index >= 15 is 0 Å². The van der Waals surface area contributed by atoms with Crippen LogP contribution >= 0.6 is 0 Å². The number of amides is 1. The van der Waals surface area contributed by atoms with E-state index in [0.29, 0.717) is 18.7 Å². The van der Waals surface area contributed by atoms with Crippen LogP contribution in [0.15, 0.2) is 36.8 Å². The summed E-state index contributed by atoms with van der Waals surface area (Å²) in [7, 11) is 1.72. The monoisotopic (exact) mass is 285 g/mol. The van der Waals surface area contributed by atoms with Crippen LogP contribution in [0.2, 0.25) is 0 Å². The number of carboxylic acid groups (broad SMARTS) is 1. The van der Waals surface area contributed by atoms with E-state index in [2.05, 4.69) is 4.98 Å². The van der Waals surface area contributed by atoms with Gasteiger partial charge in [0.25, 0.3) is 5.91 Å². The molecular weight excluding hydrogens is 270 g/mol. The van der Waals surface area contributed by atoms with E-state index in [1.165, 1.54) is 17.4 Å². The van der Waals surface area contributed by atoms with Gasteiger partial charge in [0.05, 0.1) is 12.5 Å². The average molecular weight is 285 g/mol. The van der Waals surface area contributed by atoms with Gasteiger partial charge in [-0.25, -0.2) is 9.78 Å². The molecule has 0 bridgehead atoms. The molecule has 0 aliphatic carbocycles. The van der Waals surface area contributed by atoms with Crippen LogP contribution in [0.3, 0.4) is 0 Å². The molecule has 3 rings (SSSR count). The number of imidazole rings is 1. The van der Waals surface area contributed by atoms with E-state index in [-0.39, 0.29) is 5.91 Å². The highest BCUT2D eigenvalue weighted by molar-refractivity contribution is 5.95. The highest BCUT2D eigenvalue weighted by atomic mass is 16.4. The first-order valence-corrected chi connectivity index (χ1v) is 6.65. The normalized spacial score (nSPS) is 17.4. The summed E-state index contributed by atoms with van der Waals surface area (Å²) in [5, 5.41) is 9.43. The van der Waals surface area contributed by atoms with Gasteiger partial charge >= 0.3 is 5.97 Å². The third-order valence-electron chi connectivity index (χ3n) is 3.83. The molecule has 6 heteroatoms. The maximum Gasteiger partial charge on any atom is 0.326 e.